The molecule has 2 aliphatic heterocycles. The van der Waals surface area contributed by atoms with Crippen LogP contribution in [0.1, 0.15) is 30.1 Å². The predicted octanol–water partition coefficient (Wildman–Crippen LogP) is 4.21. The van der Waals surface area contributed by atoms with E-state index in [9.17, 15) is 13.6 Å². The van der Waals surface area contributed by atoms with Gasteiger partial charge in [-0.25, -0.2) is 13.6 Å². The van der Waals surface area contributed by atoms with Crippen LogP contribution >= 0.6 is 0 Å². The molecule has 2 fully saturated rings. The fourth-order valence-electron chi connectivity index (χ4n) is 3.57. The Morgan fingerprint density at radius 2 is 1.96 bits per heavy atom. The molecule has 0 N–H and O–H groups in total. The number of rotatable bonds is 4. The molecule has 0 saturated carbocycles. The first-order valence-electron chi connectivity index (χ1n) is 8.72. The summed E-state index contributed by atoms with van der Waals surface area (Å²) < 4.78 is 38.4. The number of likely N-dealkylation sites (tertiary alicyclic amines) is 1. The van der Waals surface area contributed by atoms with E-state index >= 15 is 0 Å². The Kier molecular flexibility index (Phi) is 4.59. The van der Waals surface area contributed by atoms with Crippen LogP contribution in [0.25, 0.3) is 0 Å². The van der Waals surface area contributed by atoms with Crippen molar-refractivity contribution in [1.29, 1.82) is 0 Å². The molecular weight excluding hydrogens is 340 g/mol. The lowest BCUT2D eigenvalue weighted by atomic mass is 10.0. The van der Waals surface area contributed by atoms with Crippen LogP contribution in [0.2, 0.25) is 0 Å². The molecule has 0 aliphatic carbocycles. The molecule has 2 heterocycles. The van der Waals surface area contributed by atoms with Crippen molar-refractivity contribution in [2.24, 2.45) is 0 Å². The fraction of sp³-hybridized carbons (Fsp3) is 0.350. The van der Waals surface area contributed by atoms with Crippen LogP contribution in [-0.4, -0.2) is 29.7 Å². The Bertz CT molecular complexity index is 799. The van der Waals surface area contributed by atoms with Crippen molar-refractivity contribution in [2.75, 3.05) is 6.54 Å². The maximum Gasteiger partial charge on any atom is 0.410 e. The SMILES string of the molecule is O=C(OCc1ccccc1)N1CCC[C@@H]1[C@H]1O[C@@H]1c1cccc(F)c1F. The second kappa shape index (κ2) is 7.03. The smallest absolute Gasteiger partial charge is 0.410 e. The molecule has 0 radical (unpaired) electrons. The number of halogens is 2. The summed E-state index contributed by atoms with van der Waals surface area (Å²) in [5.74, 6) is -1.77. The van der Waals surface area contributed by atoms with Gasteiger partial charge in [0.15, 0.2) is 11.6 Å². The largest absolute Gasteiger partial charge is 0.445 e. The number of benzene rings is 2. The first-order chi connectivity index (χ1) is 12.6. The van der Waals surface area contributed by atoms with Gasteiger partial charge in [0.25, 0.3) is 0 Å². The standard InChI is InChI=1S/C20H19F2NO3/c21-15-9-4-8-14(17(15)22)18-19(26-18)16-10-5-11-23(16)20(24)25-12-13-6-2-1-3-7-13/h1-4,6-9,16,18-19H,5,10-12H2/t16-,18-,19-/m1/s1. The van der Waals surface area contributed by atoms with E-state index in [0.717, 1.165) is 24.5 Å². The Balaban J connectivity index is 1.40. The van der Waals surface area contributed by atoms with Gasteiger partial charge in [-0.15, -0.1) is 0 Å². The summed E-state index contributed by atoms with van der Waals surface area (Å²) in [5, 5.41) is 0. The normalized spacial score (nSPS) is 24.5. The number of carbonyl (C=O) groups excluding carboxylic acids is 1. The van der Waals surface area contributed by atoms with Crippen molar-refractivity contribution >= 4 is 6.09 Å². The van der Waals surface area contributed by atoms with Gasteiger partial charge in [0.1, 0.15) is 18.8 Å². The van der Waals surface area contributed by atoms with E-state index in [-0.39, 0.29) is 24.3 Å². The predicted molar refractivity (Wildman–Crippen MR) is 90.3 cm³/mol. The first kappa shape index (κ1) is 17.0. The van der Waals surface area contributed by atoms with Crippen LogP contribution in [0.3, 0.4) is 0 Å². The molecule has 1 amide bonds. The zero-order valence-electron chi connectivity index (χ0n) is 14.1. The van der Waals surface area contributed by atoms with Crippen LogP contribution < -0.4 is 0 Å². The van der Waals surface area contributed by atoms with Gasteiger partial charge in [-0.3, -0.25) is 0 Å². The first-order valence-corrected chi connectivity index (χ1v) is 8.72. The second-order valence-corrected chi connectivity index (χ2v) is 6.61. The van der Waals surface area contributed by atoms with Gasteiger partial charge < -0.3 is 14.4 Å². The van der Waals surface area contributed by atoms with Crippen LogP contribution in [0.15, 0.2) is 48.5 Å². The molecule has 2 saturated heterocycles. The highest BCUT2D eigenvalue weighted by Gasteiger charge is 2.51. The van der Waals surface area contributed by atoms with Gasteiger partial charge >= 0.3 is 6.09 Å². The number of hydrogen-bond acceptors (Lipinski definition) is 3. The topological polar surface area (TPSA) is 42.1 Å². The van der Waals surface area contributed by atoms with Gasteiger partial charge in [0, 0.05) is 12.1 Å². The second-order valence-electron chi connectivity index (χ2n) is 6.61. The van der Waals surface area contributed by atoms with Crippen LogP contribution in [-0.2, 0) is 16.1 Å². The molecule has 0 bridgehead atoms. The zero-order valence-corrected chi connectivity index (χ0v) is 14.1. The van der Waals surface area contributed by atoms with Crippen molar-refractivity contribution in [3.8, 4) is 0 Å². The molecule has 6 heteroatoms. The van der Waals surface area contributed by atoms with Crippen molar-refractivity contribution in [1.82, 2.24) is 4.90 Å². The number of amides is 1. The third kappa shape index (κ3) is 3.29. The molecule has 3 atom stereocenters. The quantitative estimate of drug-likeness (QED) is 0.768. The average Bonchev–Trinajstić information content (AvgIpc) is 3.29. The minimum atomic E-state index is -0.887. The highest BCUT2D eigenvalue weighted by molar-refractivity contribution is 5.68. The highest BCUT2D eigenvalue weighted by Crippen LogP contribution is 2.46. The maximum absolute atomic E-state index is 14.0. The van der Waals surface area contributed by atoms with Crippen LogP contribution in [0, 0.1) is 11.6 Å². The number of epoxide rings is 1. The summed E-state index contributed by atoms with van der Waals surface area (Å²) in [6, 6.07) is 13.4. The molecule has 0 unspecified atom stereocenters. The van der Waals surface area contributed by atoms with Gasteiger partial charge in [0.05, 0.1) is 6.04 Å². The summed E-state index contributed by atoms with van der Waals surface area (Å²) in [6.45, 7) is 0.785. The van der Waals surface area contributed by atoms with E-state index in [2.05, 4.69) is 0 Å². The van der Waals surface area contributed by atoms with Gasteiger partial charge in [-0.2, -0.15) is 0 Å². The lowest BCUT2D eigenvalue weighted by molar-refractivity contribution is 0.0871. The lowest BCUT2D eigenvalue weighted by Crippen LogP contribution is -2.39. The summed E-state index contributed by atoms with van der Waals surface area (Å²) in [6.07, 6.45) is 0.364. The van der Waals surface area contributed by atoms with E-state index in [4.69, 9.17) is 9.47 Å². The molecule has 136 valence electrons. The minimum absolute atomic E-state index is 0.175. The molecule has 4 nitrogen and oxygen atoms in total. The van der Waals surface area contributed by atoms with Gasteiger partial charge in [-0.1, -0.05) is 42.5 Å². The summed E-state index contributed by atoms with van der Waals surface area (Å²) in [7, 11) is 0. The monoisotopic (exact) mass is 359 g/mol. The molecule has 26 heavy (non-hydrogen) atoms. The number of hydrogen-bond donors (Lipinski definition) is 0. The van der Waals surface area contributed by atoms with E-state index in [1.54, 1.807) is 4.90 Å². The number of nitrogens with zero attached hydrogens (tertiary/aromatic N) is 1. The number of carbonyl (C=O) groups is 1. The average molecular weight is 359 g/mol. The molecule has 2 aliphatic rings. The summed E-state index contributed by atoms with van der Waals surface area (Å²) in [5.41, 5.74) is 1.12. The van der Waals surface area contributed by atoms with Crippen LogP contribution in [0.5, 0.6) is 0 Å². The Hall–Kier alpha value is -2.47. The third-order valence-electron chi connectivity index (χ3n) is 4.93. The molecule has 2 aromatic rings. The molecule has 2 aromatic carbocycles. The minimum Gasteiger partial charge on any atom is -0.445 e. The van der Waals surface area contributed by atoms with E-state index < -0.39 is 23.8 Å². The maximum atomic E-state index is 14.0. The summed E-state index contributed by atoms with van der Waals surface area (Å²) in [4.78, 5) is 14.1. The highest BCUT2D eigenvalue weighted by atomic mass is 19.2. The third-order valence-corrected chi connectivity index (χ3v) is 4.93. The molecule has 4 rings (SSSR count). The molecular formula is C20H19F2NO3. The molecule has 0 aromatic heterocycles. The zero-order chi connectivity index (χ0) is 18.1. The van der Waals surface area contributed by atoms with E-state index in [0.29, 0.717) is 6.54 Å². The molecule has 0 spiro atoms. The van der Waals surface area contributed by atoms with Crippen molar-refractivity contribution < 1.29 is 23.0 Å². The number of ether oxygens (including phenoxy) is 2. The van der Waals surface area contributed by atoms with Crippen molar-refractivity contribution in [2.45, 2.75) is 37.7 Å². The Morgan fingerprint density at radius 1 is 1.15 bits per heavy atom. The van der Waals surface area contributed by atoms with E-state index in [1.807, 2.05) is 30.3 Å². The van der Waals surface area contributed by atoms with Crippen molar-refractivity contribution in [3.63, 3.8) is 0 Å². The van der Waals surface area contributed by atoms with Crippen molar-refractivity contribution in [3.05, 3.63) is 71.3 Å². The Labute approximate surface area is 150 Å². The lowest BCUT2D eigenvalue weighted by Gasteiger charge is -2.23. The van der Waals surface area contributed by atoms with Gasteiger partial charge in [-0.05, 0) is 24.5 Å². The summed E-state index contributed by atoms with van der Waals surface area (Å²) >= 11 is 0. The Morgan fingerprint density at radius 3 is 2.77 bits per heavy atom. The van der Waals surface area contributed by atoms with E-state index in [1.165, 1.54) is 12.1 Å². The van der Waals surface area contributed by atoms with Crippen LogP contribution in [0.4, 0.5) is 13.6 Å². The fourth-order valence-corrected chi connectivity index (χ4v) is 3.57. The van der Waals surface area contributed by atoms with Gasteiger partial charge in [0.2, 0.25) is 0 Å².